The number of hydrogen-bond donors (Lipinski definition) is 0. The second-order valence-electron chi connectivity index (χ2n) is 4.00. The van der Waals surface area contributed by atoms with Crippen LogP contribution in [-0.2, 0) is 6.42 Å². The average Bonchev–Trinajstić information content (AvgIpc) is 2.81. The molecule has 0 aliphatic rings. The summed E-state index contributed by atoms with van der Waals surface area (Å²) in [4.78, 5) is 8.89. The fourth-order valence-corrected chi connectivity index (χ4v) is 3.06. The van der Waals surface area contributed by atoms with Gasteiger partial charge in [-0.15, -0.1) is 11.3 Å². The monoisotopic (exact) mass is 274 g/mol. The van der Waals surface area contributed by atoms with Gasteiger partial charge >= 0.3 is 0 Å². The van der Waals surface area contributed by atoms with Gasteiger partial charge in [-0.25, -0.2) is 9.97 Å². The lowest BCUT2D eigenvalue weighted by Crippen LogP contribution is -1.94. The molecule has 0 spiro atoms. The van der Waals surface area contributed by atoms with Crippen LogP contribution < -0.4 is 0 Å². The molecule has 0 N–H and O–H groups in total. The SMILES string of the molecule is CCc1cc(Cl)nc(-c2csc3ccccc23)n1. The van der Waals surface area contributed by atoms with Crippen molar-refractivity contribution in [2.45, 2.75) is 13.3 Å². The van der Waals surface area contributed by atoms with Crippen LogP contribution in [0.15, 0.2) is 35.7 Å². The highest BCUT2D eigenvalue weighted by atomic mass is 35.5. The molecule has 1 aromatic carbocycles. The summed E-state index contributed by atoms with van der Waals surface area (Å²) in [5.74, 6) is 0.719. The van der Waals surface area contributed by atoms with Crippen molar-refractivity contribution in [2.75, 3.05) is 0 Å². The minimum absolute atomic E-state index is 0.507. The molecule has 0 bridgehead atoms. The minimum Gasteiger partial charge on any atom is -0.233 e. The first kappa shape index (κ1) is 11.6. The van der Waals surface area contributed by atoms with Crippen LogP contribution >= 0.6 is 22.9 Å². The van der Waals surface area contributed by atoms with Gasteiger partial charge in [0.15, 0.2) is 5.82 Å². The zero-order valence-corrected chi connectivity index (χ0v) is 11.4. The van der Waals surface area contributed by atoms with E-state index in [-0.39, 0.29) is 0 Å². The standard InChI is InChI=1S/C14H11ClN2S/c1-2-9-7-13(15)17-14(16-9)11-8-18-12-6-4-3-5-10(11)12/h3-8H,2H2,1H3. The number of aromatic nitrogens is 2. The highest BCUT2D eigenvalue weighted by molar-refractivity contribution is 7.17. The lowest BCUT2D eigenvalue weighted by atomic mass is 10.1. The molecule has 0 atom stereocenters. The van der Waals surface area contributed by atoms with Gasteiger partial charge < -0.3 is 0 Å². The van der Waals surface area contributed by atoms with Crippen molar-refractivity contribution in [2.24, 2.45) is 0 Å². The summed E-state index contributed by atoms with van der Waals surface area (Å²) in [7, 11) is 0. The largest absolute Gasteiger partial charge is 0.233 e. The van der Waals surface area contributed by atoms with E-state index in [1.54, 1.807) is 11.3 Å². The molecule has 4 heteroatoms. The lowest BCUT2D eigenvalue weighted by molar-refractivity contribution is 1.01. The predicted octanol–water partition coefficient (Wildman–Crippen LogP) is 4.57. The molecule has 0 saturated heterocycles. The Morgan fingerprint density at radius 3 is 2.89 bits per heavy atom. The molecule has 18 heavy (non-hydrogen) atoms. The van der Waals surface area contributed by atoms with Gasteiger partial charge in [-0.05, 0) is 18.6 Å². The number of rotatable bonds is 2. The van der Waals surface area contributed by atoms with Crippen molar-refractivity contribution < 1.29 is 0 Å². The molecular weight excluding hydrogens is 264 g/mol. The molecule has 0 amide bonds. The van der Waals surface area contributed by atoms with Crippen LogP contribution in [-0.4, -0.2) is 9.97 Å². The maximum Gasteiger partial charge on any atom is 0.162 e. The van der Waals surface area contributed by atoms with E-state index in [2.05, 4.69) is 34.4 Å². The Morgan fingerprint density at radius 2 is 2.06 bits per heavy atom. The van der Waals surface area contributed by atoms with Crippen LogP contribution in [0.3, 0.4) is 0 Å². The molecule has 0 aliphatic carbocycles. The van der Waals surface area contributed by atoms with Crippen molar-refractivity contribution in [1.82, 2.24) is 9.97 Å². The summed E-state index contributed by atoms with van der Waals surface area (Å²) < 4.78 is 1.24. The Labute approximate surface area is 114 Å². The summed E-state index contributed by atoms with van der Waals surface area (Å²) >= 11 is 7.75. The predicted molar refractivity (Wildman–Crippen MR) is 77.2 cm³/mol. The lowest BCUT2D eigenvalue weighted by Gasteiger charge is -2.02. The quantitative estimate of drug-likeness (QED) is 0.640. The number of benzene rings is 1. The van der Waals surface area contributed by atoms with Crippen LogP contribution in [0.1, 0.15) is 12.6 Å². The summed E-state index contributed by atoms with van der Waals surface area (Å²) in [5, 5.41) is 3.79. The van der Waals surface area contributed by atoms with E-state index in [0.717, 1.165) is 23.5 Å². The Kier molecular flexibility index (Phi) is 3.02. The topological polar surface area (TPSA) is 25.8 Å². The Hall–Kier alpha value is -1.45. The summed E-state index contributed by atoms with van der Waals surface area (Å²) in [5.41, 5.74) is 2.04. The summed E-state index contributed by atoms with van der Waals surface area (Å²) in [6, 6.07) is 10.1. The fraction of sp³-hybridized carbons (Fsp3) is 0.143. The number of halogens is 1. The van der Waals surface area contributed by atoms with Crippen molar-refractivity contribution in [3.63, 3.8) is 0 Å². The van der Waals surface area contributed by atoms with E-state index < -0.39 is 0 Å². The number of aryl methyl sites for hydroxylation is 1. The number of thiophene rings is 1. The second kappa shape index (κ2) is 4.67. The van der Waals surface area contributed by atoms with Crippen LogP contribution in [0.4, 0.5) is 0 Å². The molecule has 3 aromatic rings. The van der Waals surface area contributed by atoms with Crippen LogP contribution in [0.25, 0.3) is 21.5 Å². The summed E-state index contributed by atoms with van der Waals surface area (Å²) in [6.07, 6.45) is 0.858. The van der Waals surface area contributed by atoms with Gasteiger partial charge in [0.2, 0.25) is 0 Å². The molecule has 0 unspecified atom stereocenters. The Bertz CT molecular complexity index is 706. The third-order valence-corrected chi connectivity index (χ3v) is 3.99. The maximum absolute atomic E-state index is 6.05. The van der Waals surface area contributed by atoms with E-state index in [1.807, 2.05) is 18.2 Å². The van der Waals surface area contributed by atoms with Gasteiger partial charge in [-0.2, -0.15) is 0 Å². The van der Waals surface area contributed by atoms with Crippen LogP contribution in [0, 0.1) is 0 Å². The van der Waals surface area contributed by atoms with E-state index >= 15 is 0 Å². The molecule has 90 valence electrons. The van der Waals surface area contributed by atoms with E-state index in [0.29, 0.717) is 5.15 Å². The smallest absolute Gasteiger partial charge is 0.162 e. The van der Waals surface area contributed by atoms with Crippen molar-refractivity contribution in [3.8, 4) is 11.4 Å². The Morgan fingerprint density at radius 1 is 1.22 bits per heavy atom. The van der Waals surface area contributed by atoms with Gasteiger partial charge in [0, 0.05) is 26.7 Å². The molecule has 3 rings (SSSR count). The Balaban J connectivity index is 2.22. The first-order valence-corrected chi connectivity index (χ1v) is 7.03. The van der Waals surface area contributed by atoms with E-state index in [9.17, 15) is 0 Å². The molecule has 0 aliphatic heterocycles. The first-order chi connectivity index (χ1) is 8.78. The number of hydrogen-bond acceptors (Lipinski definition) is 3. The van der Waals surface area contributed by atoms with Crippen molar-refractivity contribution in [3.05, 3.63) is 46.6 Å². The van der Waals surface area contributed by atoms with Gasteiger partial charge in [-0.1, -0.05) is 36.7 Å². The summed E-state index contributed by atoms with van der Waals surface area (Å²) in [6.45, 7) is 2.06. The number of nitrogens with zero attached hydrogens (tertiary/aromatic N) is 2. The molecule has 0 saturated carbocycles. The van der Waals surface area contributed by atoms with Gasteiger partial charge in [0.1, 0.15) is 5.15 Å². The third-order valence-electron chi connectivity index (χ3n) is 2.83. The molecule has 2 aromatic heterocycles. The molecule has 0 fully saturated rings. The minimum atomic E-state index is 0.507. The highest BCUT2D eigenvalue weighted by Crippen LogP contribution is 2.32. The normalized spacial score (nSPS) is 11.0. The van der Waals surface area contributed by atoms with E-state index in [1.165, 1.54) is 10.1 Å². The molecule has 2 nitrogen and oxygen atoms in total. The van der Waals surface area contributed by atoms with Crippen molar-refractivity contribution >= 4 is 33.0 Å². The van der Waals surface area contributed by atoms with Crippen LogP contribution in [0.2, 0.25) is 5.15 Å². The van der Waals surface area contributed by atoms with Gasteiger partial charge in [-0.3, -0.25) is 0 Å². The van der Waals surface area contributed by atoms with Crippen LogP contribution in [0.5, 0.6) is 0 Å². The third kappa shape index (κ3) is 2.00. The zero-order valence-electron chi connectivity index (χ0n) is 9.85. The van der Waals surface area contributed by atoms with Gasteiger partial charge in [0.25, 0.3) is 0 Å². The van der Waals surface area contributed by atoms with E-state index in [4.69, 9.17) is 11.6 Å². The zero-order chi connectivity index (χ0) is 12.5. The first-order valence-electron chi connectivity index (χ1n) is 5.78. The fourth-order valence-electron chi connectivity index (χ4n) is 1.92. The molecule has 2 heterocycles. The molecule has 0 radical (unpaired) electrons. The number of fused-ring (bicyclic) bond motifs is 1. The second-order valence-corrected chi connectivity index (χ2v) is 5.30. The molecular formula is C14H11ClN2S. The highest BCUT2D eigenvalue weighted by Gasteiger charge is 2.10. The maximum atomic E-state index is 6.05. The average molecular weight is 275 g/mol. The van der Waals surface area contributed by atoms with Crippen molar-refractivity contribution in [1.29, 1.82) is 0 Å². The van der Waals surface area contributed by atoms with Gasteiger partial charge in [0.05, 0.1) is 0 Å².